The van der Waals surface area contributed by atoms with Crippen LogP contribution in [-0.4, -0.2) is 35.1 Å². The van der Waals surface area contributed by atoms with Crippen LogP contribution < -0.4 is 10.6 Å². The Kier molecular flexibility index (Phi) is 4.59. The van der Waals surface area contributed by atoms with E-state index in [2.05, 4.69) is 15.6 Å². The van der Waals surface area contributed by atoms with Crippen molar-refractivity contribution >= 4 is 17.2 Å². The van der Waals surface area contributed by atoms with Crippen LogP contribution in [0.1, 0.15) is 34.6 Å². The lowest BCUT2D eigenvalue weighted by molar-refractivity contribution is 0.0951. The zero-order valence-corrected chi connectivity index (χ0v) is 13.9. The first-order valence-electron chi connectivity index (χ1n) is 7.74. The molecule has 2 aromatic heterocycles. The molecule has 22 heavy (non-hydrogen) atoms. The number of hydrogen-bond donors (Lipinski definition) is 2. The van der Waals surface area contributed by atoms with Crippen LogP contribution in [0.2, 0.25) is 0 Å². The van der Waals surface area contributed by atoms with Crippen LogP contribution >= 0.6 is 11.3 Å². The maximum Gasteiger partial charge on any atom is 0.253 e. The number of rotatable bonds is 5. The van der Waals surface area contributed by atoms with Gasteiger partial charge in [-0.15, -0.1) is 11.3 Å². The number of carbonyl (C=O) groups is 1. The molecule has 0 spiro atoms. The minimum atomic E-state index is 0.0156. The molecule has 1 fully saturated rings. The van der Waals surface area contributed by atoms with Crippen LogP contribution in [0, 0.1) is 19.8 Å². The summed E-state index contributed by atoms with van der Waals surface area (Å²) in [5.74, 6) is 0.713. The van der Waals surface area contributed by atoms with Gasteiger partial charge in [0.1, 0.15) is 0 Å². The Hall–Kier alpha value is -1.66. The summed E-state index contributed by atoms with van der Waals surface area (Å²) in [6.45, 7) is 6.91. The topological polar surface area (TPSA) is 59.0 Å². The molecule has 1 amide bonds. The molecule has 0 radical (unpaired) electrons. The SMILES string of the molecule is Cc1cc(C(=O)NCCC2CCNC2)c(C)n1-c1nccs1. The monoisotopic (exact) mass is 318 g/mol. The Morgan fingerprint density at radius 1 is 1.55 bits per heavy atom. The lowest BCUT2D eigenvalue weighted by Gasteiger charge is -2.09. The fraction of sp³-hybridized carbons (Fsp3) is 0.500. The average Bonchev–Trinajstić information content (AvgIpc) is 3.21. The molecule has 3 heterocycles. The van der Waals surface area contributed by atoms with Crippen molar-refractivity contribution in [3.05, 3.63) is 34.6 Å². The lowest BCUT2D eigenvalue weighted by atomic mass is 10.1. The maximum absolute atomic E-state index is 12.4. The van der Waals surface area contributed by atoms with Gasteiger partial charge in [0.05, 0.1) is 5.56 Å². The Morgan fingerprint density at radius 3 is 3.09 bits per heavy atom. The van der Waals surface area contributed by atoms with Crippen molar-refractivity contribution in [1.82, 2.24) is 20.2 Å². The second-order valence-electron chi connectivity index (χ2n) is 5.84. The fourth-order valence-corrected chi connectivity index (χ4v) is 3.81. The highest BCUT2D eigenvalue weighted by Crippen LogP contribution is 2.22. The van der Waals surface area contributed by atoms with Crippen LogP contribution in [0.15, 0.2) is 17.6 Å². The average molecular weight is 318 g/mol. The summed E-state index contributed by atoms with van der Waals surface area (Å²) < 4.78 is 2.04. The summed E-state index contributed by atoms with van der Waals surface area (Å²) in [6.07, 6.45) is 4.05. The largest absolute Gasteiger partial charge is 0.352 e. The summed E-state index contributed by atoms with van der Waals surface area (Å²) in [5.41, 5.74) is 2.74. The van der Waals surface area contributed by atoms with E-state index in [9.17, 15) is 4.79 Å². The Morgan fingerprint density at radius 2 is 2.41 bits per heavy atom. The number of aromatic nitrogens is 2. The maximum atomic E-state index is 12.4. The molecule has 0 aliphatic carbocycles. The number of amides is 1. The quantitative estimate of drug-likeness (QED) is 0.889. The van der Waals surface area contributed by atoms with Gasteiger partial charge >= 0.3 is 0 Å². The molecule has 0 bridgehead atoms. The zero-order chi connectivity index (χ0) is 15.5. The highest BCUT2D eigenvalue weighted by Gasteiger charge is 2.18. The predicted octanol–water partition coefficient (Wildman–Crippen LogP) is 2.28. The Balaban J connectivity index is 1.66. The van der Waals surface area contributed by atoms with E-state index in [1.807, 2.05) is 29.9 Å². The van der Waals surface area contributed by atoms with Crippen LogP contribution in [0.5, 0.6) is 0 Å². The smallest absolute Gasteiger partial charge is 0.253 e. The van der Waals surface area contributed by atoms with Crippen LogP contribution in [0.3, 0.4) is 0 Å². The van der Waals surface area contributed by atoms with Crippen LogP contribution in [0.25, 0.3) is 5.13 Å². The van der Waals surface area contributed by atoms with Gasteiger partial charge in [0.25, 0.3) is 5.91 Å². The summed E-state index contributed by atoms with van der Waals surface area (Å²) in [6, 6.07) is 1.95. The van der Waals surface area contributed by atoms with E-state index < -0.39 is 0 Å². The first kappa shape index (κ1) is 15.2. The molecule has 0 aromatic carbocycles. The van der Waals surface area contributed by atoms with Gasteiger partial charge < -0.3 is 10.6 Å². The molecule has 118 valence electrons. The second-order valence-corrected chi connectivity index (χ2v) is 6.71. The van der Waals surface area contributed by atoms with E-state index >= 15 is 0 Å². The molecular formula is C16H22N4OS. The van der Waals surface area contributed by atoms with Gasteiger partial charge in [-0.2, -0.15) is 0 Å². The molecule has 1 unspecified atom stereocenters. The third-order valence-corrected chi connectivity index (χ3v) is 5.04. The van der Waals surface area contributed by atoms with Gasteiger partial charge in [-0.3, -0.25) is 9.36 Å². The van der Waals surface area contributed by atoms with Gasteiger partial charge in [0.2, 0.25) is 0 Å². The number of nitrogens with one attached hydrogen (secondary N) is 2. The minimum Gasteiger partial charge on any atom is -0.352 e. The molecular weight excluding hydrogens is 296 g/mol. The van der Waals surface area contributed by atoms with Gasteiger partial charge in [-0.1, -0.05) is 0 Å². The molecule has 0 saturated carbocycles. The predicted molar refractivity (Wildman–Crippen MR) is 88.8 cm³/mol. The molecule has 6 heteroatoms. The van der Waals surface area contributed by atoms with E-state index in [-0.39, 0.29) is 5.91 Å². The van der Waals surface area contributed by atoms with Crippen molar-refractivity contribution in [2.75, 3.05) is 19.6 Å². The fourth-order valence-electron chi connectivity index (χ4n) is 3.06. The summed E-state index contributed by atoms with van der Waals surface area (Å²) in [4.78, 5) is 16.8. The normalized spacial score (nSPS) is 17.8. The molecule has 1 saturated heterocycles. The number of thiazole rings is 1. The molecule has 1 aliphatic rings. The lowest BCUT2D eigenvalue weighted by Crippen LogP contribution is -2.26. The molecule has 1 aliphatic heterocycles. The third kappa shape index (κ3) is 3.08. The molecule has 5 nitrogen and oxygen atoms in total. The molecule has 3 rings (SSSR count). The minimum absolute atomic E-state index is 0.0156. The first-order valence-corrected chi connectivity index (χ1v) is 8.62. The summed E-state index contributed by atoms with van der Waals surface area (Å²) in [5, 5.41) is 9.27. The first-order chi connectivity index (χ1) is 10.7. The van der Waals surface area contributed by atoms with Crippen molar-refractivity contribution in [1.29, 1.82) is 0 Å². The number of hydrogen-bond acceptors (Lipinski definition) is 4. The van der Waals surface area contributed by atoms with Crippen LogP contribution in [0.4, 0.5) is 0 Å². The van der Waals surface area contributed by atoms with Gasteiger partial charge in [0.15, 0.2) is 5.13 Å². The van der Waals surface area contributed by atoms with E-state index in [1.54, 1.807) is 17.5 Å². The highest BCUT2D eigenvalue weighted by molar-refractivity contribution is 7.12. The van der Waals surface area contributed by atoms with E-state index in [0.29, 0.717) is 5.92 Å². The van der Waals surface area contributed by atoms with Crippen molar-refractivity contribution < 1.29 is 4.79 Å². The molecule has 2 N–H and O–H groups in total. The second kappa shape index (κ2) is 6.62. The number of carbonyl (C=O) groups excluding carboxylic acids is 1. The van der Waals surface area contributed by atoms with Gasteiger partial charge in [0, 0.05) is 29.5 Å². The van der Waals surface area contributed by atoms with E-state index in [1.165, 1.54) is 6.42 Å². The zero-order valence-electron chi connectivity index (χ0n) is 13.1. The van der Waals surface area contributed by atoms with E-state index in [4.69, 9.17) is 0 Å². The third-order valence-electron chi connectivity index (χ3n) is 4.29. The van der Waals surface area contributed by atoms with Crippen LogP contribution in [-0.2, 0) is 0 Å². The Bertz CT molecular complexity index is 641. The summed E-state index contributed by atoms with van der Waals surface area (Å²) >= 11 is 1.58. The Labute approximate surface area is 134 Å². The van der Waals surface area contributed by atoms with Crippen molar-refractivity contribution in [3.63, 3.8) is 0 Å². The standard InChI is InChI=1S/C16H22N4OS/c1-11-9-14(12(2)20(11)16-19-7-8-22-16)15(21)18-6-4-13-3-5-17-10-13/h7-9,13,17H,3-6,10H2,1-2H3,(H,18,21). The van der Waals surface area contributed by atoms with Crippen molar-refractivity contribution in [2.45, 2.75) is 26.7 Å². The molecule has 1 atom stereocenters. The van der Waals surface area contributed by atoms with E-state index in [0.717, 1.165) is 48.1 Å². The number of nitrogens with zero attached hydrogens (tertiary/aromatic N) is 2. The molecule has 2 aromatic rings. The summed E-state index contributed by atoms with van der Waals surface area (Å²) in [7, 11) is 0. The van der Waals surface area contributed by atoms with Gasteiger partial charge in [-0.05, 0) is 51.8 Å². The van der Waals surface area contributed by atoms with Crippen molar-refractivity contribution in [2.24, 2.45) is 5.92 Å². The van der Waals surface area contributed by atoms with Crippen molar-refractivity contribution in [3.8, 4) is 5.13 Å². The van der Waals surface area contributed by atoms with Gasteiger partial charge in [-0.25, -0.2) is 4.98 Å². The highest BCUT2D eigenvalue weighted by atomic mass is 32.1. The number of aryl methyl sites for hydroxylation is 1.